The smallest absolute Gasteiger partial charge is 0.422 e. The molecule has 1 aromatic heterocycles. The van der Waals surface area contributed by atoms with Crippen LogP contribution in [-0.4, -0.2) is 35.5 Å². The quantitative estimate of drug-likeness (QED) is 0.880. The number of hydrogen-bond donors (Lipinski definition) is 1. The van der Waals surface area contributed by atoms with Crippen LogP contribution in [-0.2, 0) is 18.4 Å². The number of aliphatic hydroxyl groups excluding tert-OH is 1. The lowest BCUT2D eigenvalue weighted by molar-refractivity contribution is -0.161. The average molecular weight is 317 g/mol. The standard InChI is InChI=1S/C14H14F3NO4/c1-18-5-8(6-19)9-3-4-10(21-2)11(12(9)18)13(20)22-7-14(15,16)17/h3-5,19H,6-7H2,1-2H3. The zero-order valence-electron chi connectivity index (χ0n) is 11.9. The van der Waals surface area contributed by atoms with Crippen molar-refractivity contribution < 1.29 is 32.5 Å². The van der Waals surface area contributed by atoms with Crippen molar-refractivity contribution in [1.29, 1.82) is 0 Å². The second kappa shape index (κ2) is 5.88. The SMILES string of the molecule is COc1ccc2c(CO)cn(C)c2c1C(=O)OCC(F)(F)F. The minimum Gasteiger partial charge on any atom is -0.496 e. The predicted octanol–water partition coefficient (Wildman–Crippen LogP) is 2.40. The molecule has 0 saturated heterocycles. The molecule has 22 heavy (non-hydrogen) atoms. The fraction of sp³-hybridized carbons (Fsp3) is 0.357. The van der Waals surface area contributed by atoms with E-state index in [1.165, 1.54) is 17.7 Å². The van der Waals surface area contributed by atoms with Crippen LogP contribution in [0.2, 0.25) is 0 Å². The van der Waals surface area contributed by atoms with Gasteiger partial charge in [-0.25, -0.2) is 4.79 Å². The van der Waals surface area contributed by atoms with Gasteiger partial charge in [0.15, 0.2) is 6.61 Å². The fourth-order valence-electron chi connectivity index (χ4n) is 2.28. The lowest BCUT2D eigenvalue weighted by Crippen LogP contribution is -2.21. The average Bonchev–Trinajstić information content (AvgIpc) is 2.79. The lowest BCUT2D eigenvalue weighted by atomic mass is 10.1. The normalized spacial score (nSPS) is 11.7. The molecule has 8 heteroatoms. The maximum absolute atomic E-state index is 12.2. The van der Waals surface area contributed by atoms with Gasteiger partial charge in [0.25, 0.3) is 0 Å². The number of aryl methyl sites for hydroxylation is 1. The summed E-state index contributed by atoms with van der Waals surface area (Å²) in [4.78, 5) is 12.1. The summed E-state index contributed by atoms with van der Waals surface area (Å²) in [5, 5.41) is 9.85. The number of nitrogens with zero attached hydrogens (tertiary/aromatic N) is 1. The number of esters is 1. The molecule has 5 nitrogen and oxygen atoms in total. The highest BCUT2D eigenvalue weighted by Gasteiger charge is 2.31. The minimum absolute atomic E-state index is 0.102. The summed E-state index contributed by atoms with van der Waals surface area (Å²) in [6.45, 7) is -1.94. The topological polar surface area (TPSA) is 60.7 Å². The van der Waals surface area contributed by atoms with E-state index < -0.39 is 18.8 Å². The summed E-state index contributed by atoms with van der Waals surface area (Å²) >= 11 is 0. The molecule has 0 atom stereocenters. The molecule has 1 N–H and O–H groups in total. The Hall–Kier alpha value is -2.22. The zero-order chi connectivity index (χ0) is 16.5. The Balaban J connectivity index is 2.54. The number of methoxy groups -OCH3 is 1. The molecule has 0 fully saturated rings. The third-order valence-electron chi connectivity index (χ3n) is 3.15. The third kappa shape index (κ3) is 3.01. The summed E-state index contributed by atoms with van der Waals surface area (Å²) in [6, 6.07) is 3.08. The first kappa shape index (κ1) is 16.2. The van der Waals surface area contributed by atoms with E-state index in [4.69, 9.17) is 4.74 Å². The number of carbonyl (C=O) groups is 1. The molecular formula is C14H14F3NO4. The Morgan fingerprint density at radius 1 is 1.36 bits per heavy atom. The highest BCUT2D eigenvalue weighted by atomic mass is 19.4. The van der Waals surface area contributed by atoms with Gasteiger partial charge in [-0.15, -0.1) is 0 Å². The van der Waals surface area contributed by atoms with Crippen LogP contribution in [0.15, 0.2) is 18.3 Å². The van der Waals surface area contributed by atoms with Crippen LogP contribution in [0, 0.1) is 0 Å². The fourth-order valence-corrected chi connectivity index (χ4v) is 2.28. The molecule has 0 bridgehead atoms. The van der Waals surface area contributed by atoms with Crippen LogP contribution < -0.4 is 4.74 Å². The summed E-state index contributed by atoms with van der Waals surface area (Å²) in [5.41, 5.74) is 0.784. The van der Waals surface area contributed by atoms with E-state index in [0.29, 0.717) is 16.5 Å². The molecule has 2 aromatic rings. The Labute approximate surface area is 123 Å². The molecule has 0 amide bonds. The molecule has 2 rings (SSSR count). The van der Waals surface area contributed by atoms with Crippen LogP contribution in [0.25, 0.3) is 10.9 Å². The van der Waals surface area contributed by atoms with Gasteiger partial charge < -0.3 is 19.1 Å². The maximum Gasteiger partial charge on any atom is 0.422 e. The van der Waals surface area contributed by atoms with Gasteiger partial charge in [0.1, 0.15) is 11.3 Å². The van der Waals surface area contributed by atoms with Crippen molar-refractivity contribution in [2.45, 2.75) is 12.8 Å². The van der Waals surface area contributed by atoms with Gasteiger partial charge in [-0.05, 0) is 12.1 Å². The molecule has 0 radical (unpaired) electrons. The number of aliphatic hydroxyl groups is 1. The summed E-state index contributed by atoms with van der Waals surface area (Å²) in [7, 11) is 2.92. The van der Waals surface area contributed by atoms with Crippen molar-refractivity contribution in [2.24, 2.45) is 7.05 Å². The van der Waals surface area contributed by atoms with Crippen molar-refractivity contribution in [3.05, 3.63) is 29.5 Å². The molecule has 0 spiro atoms. The van der Waals surface area contributed by atoms with Crippen molar-refractivity contribution in [3.63, 3.8) is 0 Å². The summed E-state index contributed by atoms with van der Waals surface area (Å²) < 4.78 is 47.6. The van der Waals surface area contributed by atoms with E-state index >= 15 is 0 Å². The Morgan fingerprint density at radius 2 is 2.05 bits per heavy atom. The van der Waals surface area contributed by atoms with Crippen LogP contribution >= 0.6 is 0 Å². The molecule has 0 aliphatic rings. The van der Waals surface area contributed by atoms with Crippen molar-refractivity contribution >= 4 is 16.9 Å². The largest absolute Gasteiger partial charge is 0.496 e. The van der Waals surface area contributed by atoms with E-state index in [-0.39, 0.29) is 17.9 Å². The number of ether oxygens (including phenoxy) is 2. The molecule has 1 aromatic carbocycles. The van der Waals surface area contributed by atoms with Gasteiger partial charge in [0, 0.05) is 24.2 Å². The minimum atomic E-state index is -4.61. The first-order valence-corrected chi connectivity index (χ1v) is 6.28. The number of rotatable bonds is 4. The van der Waals surface area contributed by atoms with E-state index in [2.05, 4.69) is 4.74 Å². The van der Waals surface area contributed by atoms with Crippen LogP contribution in [0.1, 0.15) is 15.9 Å². The highest BCUT2D eigenvalue weighted by molar-refractivity contribution is 6.06. The second-order valence-corrected chi connectivity index (χ2v) is 4.65. The summed E-state index contributed by atoms with van der Waals surface area (Å²) in [5.74, 6) is -1.03. The highest BCUT2D eigenvalue weighted by Crippen LogP contribution is 2.32. The van der Waals surface area contributed by atoms with Crippen molar-refractivity contribution in [3.8, 4) is 5.75 Å². The molecule has 0 aliphatic heterocycles. The van der Waals surface area contributed by atoms with Crippen molar-refractivity contribution in [2.75, 3.05) is 13.7 Å². The van der Waals surface area contributed by atoms with E-state index in [1.54, 1.807) is 19.3 Å². The lowest BCUT2D eigenvalue weighted by Gasteiger charge is -2.12. The van der Waals surface area contributed by atoms with Gasteiger partial charge in [0.05, 0.1) is 19.2 Å². The van der Waals surface area contributed by atoms with Gasteiger partial charge in [-0.3, -0.25) is 0 Å². The second-order valence-electron chi connectivity index (χ2n) is 4.65. The molecule has 0 unspecified atom stereocenters. The molecule has 0 saturated carbocycles. The third-order valence-corrected chi connectivity index (χ3v) is 3.15. The number of carbonyl (C=O) groups excluding carboxylic acids is 1. The van der Waals surface area contributed by atoms with Crippen LogP contribution in [0.4, 0.5) is 13.2 Å². The van der Waals surface area contributed by atoms with Gasteiger partial charge in [0.2, 0.25) is 0 Å². The molecule has 0 aliphatic carbocycles. The Bertz CT molecular complexity index is 706. The first-order valence-electron chi connectivity index (χ1n) is 6.28. The Morgan fingerprint density at radius 3 is 2.59 bits per heavy atom. The van der Waals surface area contributed by atoms with Crippen LogP contribution in [0.3, 0.4) is 0 Å². The Kier molecular flexibility index (Phi) is 4.32. The van der Waals surface area contributed by atoms with E-state index in [0.717, 1.165) is 0 Å². The summed E-state index contributed by atoms with van der Waals surface area (Å²) in [6.07, 6.45) is -3.02. The number of fused-ring (bicyclic) bond motifs is 1. The van der Waals surface area contributed by atoms with Gasteiger partial charge in [-0.1, -0.05) is 0 Å². The first-order chi connectivity index (χ1) is 10.3. The number of halogens is 3. The molecular weight excluding hydrogens is 303 g/mol. The van der Waals surface area contributed by atoms with Crippen molar-refractivity contribution in [1.82, 2.24) is 4.57 Å². The zero-order valence-corrected chi connectivity index (χ0v) is 11.9. The molecule has 120 valence electrons. The van der Waals surface area contributed by atoms with E-state index in [1.807, 2.05) is 0 Å². The maximum atomic E-state index is 12.2. The predicted molar refractivity (Wildman–Crippen MR) is 71.7 cm³/mol. The molecule has 1 heterocycles. The van der Waals surface area contributed by atoms with Gasteiger partial charge in [-0.2, -0.15) is 13.2 Å². The number of hydrogen-bond acceptors (Lipinski definition) is 4. The number of aromatic nitrogens is 1. The number of alkyl halides is 3. The number of benzene rings is 1. The monoisotopic (exact) mass is 317 g/mol. The van der Waals surface area contributed by atoms with E-state index in [9.17, 15) is 23.1 Å². The van der Waals surface area contributed by atoms with Gasteiger partial charge >= 0.3 is 12.1 Å². The van der Waals surface area contributed by atoms with Crippen LogP contribution in [0.5, 0.6) is 5.75 Å².